The number of thioether (sulfide) groups is 1. The molecule has 0 aliphatic heterocycles. The standard InChI is InChI=1S/C13H26N2OS/c1-4-10(2)11(14)12(16)15-9-13(17-3)7-5-6-8-13/h10-11H,4-9,14H2,1-3H3,(H,15,16)/t10-,11-/m0/s1. The molecule has 1 saturated carbocycles. The largest absolute Gasteiger partial charge is 0.353 e. The summed E-state index contributed by atoms with van der Waals surface area (Å²) < 4.78 is 0.269. The van der Waals surface area contributed by atoms with Gasteiger partial charge in [-0.2, -0.15) is 11.8 Å². The van der Waals surface area contributed by atoms with Gasteiger partial charge in [0.25, 0.3) is 0 Å². The Labute approximate surface area is 109 Å². The second-order valence-corrected chi connectivity index (χ2v) is 6.50. The number of carbonyl (C=O) groups is 1. The van der Waals surface area contributed by atoms with Crippen LogP contribution in [0.25, 0.3) is 0 Å². The van der Waals surface area contributed by atoms with E-state index in [4.69, 9.17) is 5.73 Å². The van der Waals surface area contributed by atoms with E-state index >= 15 is 0 Å². The second-order valence-electron chi connectivity index (χ2n) is 5.22. The lowest BCUT2D eigenvalue weighted by atomic mass is 9.99. The highest BCUT2D eigenvalue weighted by Crippen LogP contribution is 2.39. The molecular weight excluding hydrogens is 232 g/mol. The third-order valence-corrected chi connectivity index (χ3v) is 5.51. The predicted octanol–water partition coefficient (Wildman–Crippen LogP) is 2.15. The first kappa shape index (κ1) is 14.8. The maximum Gasteiger partial charge on any atom is 0.237 e. The summed E-state index contributed by atoms with van der Waals surface area (Å²) in [5.41, 5.74) is 5.92. The summed E-state index contributed by atoms with van der Waals surface area (Å²) in [6.45, 7) is 4.87. The van der Waals surface area contributed by atoms with Crippen molar-refractivity contribution in [3.8, 4) is 0 Å². The minimum Gasteiger partial charge on any atom is -0.353 e. The van der Waals surface area contributed by atoms with Gasteiger partial charge in [-0.3, -0.25) is 4.79 Å². The van der Waals surface area contributed by atoms with Crippen molar-refractivity contribution in [2.75, 3.05) is 12.8 Å². The number of amides is 1. The minimum absolute atomic E-state index is 0.0136. The van der Waals surface area contributed by atoms with Crippen LogP contribution in [0.2, 0.25) is 0 Å². The highest BCUT2D eigenvalue weighted by Gasteiger charge is 2.33. The third-order valence-electron chi connectivity index (χ3n) is 4.09. The highest BCUT2D eigenvalue weighted by atomic mass is 32.2. The summed E-state index contributed by atoms with van der Waals surface area (Å²) >= 11 is 1.89. The molecule has 1 aliphatic rings. The first-order chi connectivity index (χ1) is 8.04. The Kier molecular flexibility index (Phi) is 5.80. The quantitative estimate of drug-likeness (QED) is 0.767. The molecule has 4 heteroatoms. The van der Waals surface area contributed by atoms with Crippen LogP contribution < -0.4 is 11.1 Å². The zero-order valence-electron chi connectivity index (χ0n) is 11.3. The minimum atomic E-state index is -0.361. The van der Waals surface area contributed by atoms with E-state index in [1.165, 1.54) is 25.7 Å². The Morgan fingerprint density at radius 1 is 1.47 bits per heavy atom. The fourth-order valence-electron chi connectivity index (χ4n) is 2.35. The summed E-state index contributed by atoms with van der Waals surface area (Å²) in [4.78, 5) is 11.9. The van der Waals surface area contributed by atoms with E-state index in [1.807, 2.05) is 18.7 Å². The number of hydrogen-bond acceptors (Lipinski definition) is 3. The van der Waals surface area contributed by atoms with Crippen LogP contribution in [0.1, 0.15) is 46.0 Å². The Morgan fingerprint density at radius 3 is 2.53 bits per heavy atom. The van der Waals surface area contributed by atoms with Crippen LogP contribution in [0.15, 0.2) is 0 Å². The van der Waals surface area contributed by atoms with Gasteiger partial charge < -0.3 is 11.1 Å². The van der Waals surface area contributed by atoms with E-state index in [0.29, 0.717) is 0 Å². The van der Waals surface area contributed by atoms with Gasteiger partial charge in [0, 0.05) is 11.3 Å². The highest BCUT2D eigenvalue weighted by molar-refractivity contribution is 8.00. The molecule has 1 amide bonds. The number of nitrogens with one attached hydrogen (secondary N) is 1. The van der Waals surface area contributed by atoms with Crippen LogP contribution >= 0.6 is 11.8 Å². The van der Waals surface area contributed by atoms with Gasteiger partial charge in [0.05, 0.1) is 6.04 Å². The van der Waals surface area contributed by atoms with Crippen molar-refractivity contribution in [2.45, 2.75) is 56.7 Å². The zero-order valence-corrected chi connectivity index (χ0v) is 12.1. The van der Waals surface area contributed by atoms with Crippen LogP contribution in [-0.4, -0.2) is 29.5 Å². The second kappa shape index (κ2) is 6.64. The molecule has 0 spiro atoms. The molecule has 1 aliphatic carbocycles. The van der Waals surface area contributed by atoms with Crippen molar-refractivity contribution in [2.24, 2.45) is 11.7 Å². The monoisotopic (exact) mass is 258 g/mol. The molecule has 3 N–H and O–H groups in total. The lowest BCUT2D eigenvalue weighted by Gasteiger charge is -2.28. The molecule has 0 heterocycles. The molecule has 17 heavy (non-hydrogen) atoms. The number of hydrogen-bond donors (Lipinski definition) is 2. The molecule has 0 aromatic rings. The lowest BCUT2D eigenvalue weighted by Crippen LogP contribution is -2.48. The molecule has 1 fully saturated rings. The van der Waals surface area contributed by atoms with Gasteiger partial charge in [0.1, 0.15) is 0 Å². The maximum atomic E-state index is 11.9. The third kappa shape index (κ3) is 3.88. The maximum absolute atomic E-state index is 11.9. The SMILES string of the molecule is CC[C@H](C)[C@H](N)C(=O)NCC1(SC)CCCC1. The Balaban J connectivity index is 2.41. The van der Waals surface area contributed by atoms with Gasteiger partial charge in [-0.25, -0.2) is 0 Å². The summed E-state index contributed by atoms with van der Waals surface area (Å²) in [5, 5.41) is 3.05. The lowest BCUT2D eigenvalue weighted by molar-refractivity contribution is -0.123. The van der Waals surface area contributed by atoms with Gasteiger partial charge in [0.2, 0.25) is 5.91 Å². The first-order valence-corrected chi connectivity index (χ1v) is 7.85. The Bertz CT molecular complexity index is 252. The van der Waals surface area contributed by atoms with Gasteiger partial charge >= 0.3 is 0 Å². The normalized spacial score (nSPS) is 22.1. The molecule has 0 unspecified atom stereocenters. The summed E-state index contributed by atoms with van der Waals surface area (Å²) in [6.07, 6.45) is 8.09. The molecule has 2 atom stereocenters. The molecule has 0 bridgehead atoms. The number of nitrogens with two attached hydrogens (primary N) is 1. The summed E-state index contributed by atoms with van der Waals surface area (Å²) in [6, 6.07) is -0.361. The molecule has 1 rings (SSSR count). The van der Waals surface area contributed by atoms with Crippen molar-refractivity contribution < 1.29 is 4.79 Å². The summed E-state index contributed by atoms with van der Waals surface area (Å²) in [7, 11) is 0. The Morgan fingerprint density at radius 2 is 2.06 bits per heavy atom. The van der Waals surface area contributed by atoms with Crippen molar-refractivity contribution in [3.05, 3.63) is 0 Å². The van der Waals surface area contributed by atoms with Gasteiger partial charge in [-0.05, 0) is 25.0 Å². The molecule has 3 nitrogen and oxygen atoms in total. The van der Waals surface area contributed by atoms with Crippen LogP contribution in [0.5, 0.6) is 0 Å². The molecule has 0 radical (unpaired) electrons. The van der Waals surface area contributed by atoms with Crippen molar-refractivity contribution in [1.29, 1.82) is 0 Å². The Hall–Kier alpha value is -0.220. The smallest absolute Gasteiger partial charge is 0.237 e. The van der Waals surface area contributed by atoms with Crippen molar-refractivity contribution >= 4 is 17.7 Å². The van der Waals surface area contributed by atoms with E-state index < -0.39 is 0 Å². The molecule has 0 aromatic heterocycles. The van der Waals surface area contributed by atoms with Crippen LogP contribution in [0.3, 0.4) is 0 Å². The number of carbonyl (C=O) groups excluding carboxylic acids is 1. The summed E-state index contributed by atoms with van der Waals surface area (Å²) in [5.74, 6) is 0.267. The van der Waals surface area contributed by atoms with Crippen LogP contribution in [-0.2, 0) is 4.79 Å². The van der Waals surface area contributed by atoms with Gasteiger partial charge in [0.15, 0.2) is 0 Å². The molecule has 100 valence electrons. The molecule has 0 saturated heterocycles. The van der Waals surface area contributed by atoms with Crippen molar-refractivity contribution in [3.63, 3.8) is 0 Å². The average Bonchev–Trinajstić information content (AvgIpc) is 2.83. The van der Waals surface area contributed by atoms with Gasteiger partial charge in [-0.15, -0.1) is 0 Å². The molecule has 0 aromatic carbocycles. The predicted molar refractivity (Wildman–Crippen MR) is 75.2 cm³/mol. The van der Waals surface area contributed by atoms with Crippen molar-refractivity contribution in [1.82, 2.24) is 5.32 Å². The fraction of sp³-hybridized carbons (Fsp3) is 0.923. The van der Waals surface area contributed by atoms with E-state index in [-0.39, 0.29) is 22.6 Å². The topological polar surface area (TPSA) is 55.1 Å². The zero-order chi connectivity index (χ0) is 12.9. The van der Waals surface area contributed by atoms with E-state index in [1.54, 1.807) is 0 Å². The molecular formula is C13H26N2OS. The van der Waals surface area contributed by atoms with Gasteiger partial charge in [-0.1, -0.05) is 33.1 Å². The van der Waals surface area contributed by atoms with Crippen LogP contribution in [0, 0.1) is 5.92 Å². The number of rotatable bonds is 6. The average molecular weight is 258 g/mol. The van der Waals surface area contributed by atoms with E-state index in [2.05, 4.69) is 18.5 Å². The van der Waals surface area contributed by atoms with E-state index in [9.17, 15) is 4.79 Å². The fourth-order valence-corrected chi connectivity index (χ4v) is 3.26. The first-order valence-electron chi connectivity index (χ1n) is 6.63. The van der Waals surface area contributed by atoms with E-state index in [0.717, 1.165) is 13.0 Å². The van der Waals surface area contributed by atoms with Crippen LogP contribution in [0.4, 0.5) is 0 Å².